The Morgan fingerprint density at radius 3 is 2.45 bits per heavy atom. The largest absolute Gasteiger partial charge is 0.406 e. The minimum absolute atomic E-state index is 0.0811. The first-order valence-electron chi connectivity index (χ1n) is 12.7. The van der Waals surface area contributed by atoms with Crippen LogP contribution in [0.4, 0.5) is 18.9 Å². The fraction of sp³-hybridized carbons (Fsp3) is 0.500. The van der Waals surface area contributed by atoms with Crippen molar-refractivity contribution in [2.45, 2.75) is 64.8 Å². The number of piperidine rings is 1. The molecule has 1 aliphatic rings. The molecule has 1 aromatic carbocycles. The summed E-state index contributed by atoms with van der Waals surface area (Å²) in [7, 11) is 2.08. The number of halogens is 3. The Kier molecular flexibility index (Phi) is 9.50. The number of carbonyl (C=O) groups excluding carboxylic acids is 1. The van der Waals surface area contributed by atoms with Crippen molar-refractivity contribution < 1.29 is 18.0 Å². The van der Waals surface area contributed by atoms with Crippen LogP contribution in [0.2, 0.25) is 0 Å². The SMILES string of the molecule is CN1CCC(Nc2cccc3c2cc(C#CCNC=O)n3CC(F)(F)F)CC1.Cc1cnn(C(C)(C)C)c1. The summed E-state index contributed by atoms with van der Waals surface area (Å²) in [5, 5.41) is 10.8. The topological polar surface area (TPSA) is 67.1 Å². The highest BCUT2D eigenvalue weighted by Crippen LogP contribution is 2.31. The van der Waals surface area contributed by atoms with Gasteiger partial charge >= 0.3 is 6.18 Å². The van der Waals surface area contributed by atoms with Crippen LogP contribution in [0.1, 0.15) is 44.9 Å². The minimum atomic E-state index is -4.36. The molecule has 0 saturated carbocycles. The molecule has 3 heterocycles. The van der Waals surface area contributed by atoms with Crippen LogP contribution in [0.25, 0.3) is 10.9 Å². The number of nitrogens with one attached hydrogen (secondary N) is 2. The van der Waals surface area contributed by atoms with Crippen molar-refractivity contribution in [2.24, 2.45) is 0 Å². The second kappa shape index (κ2) is 12.4. The molecule has 0 aliphatic carbocycles. The van der Waals surface area contributed by atoms with Gasteiger partial charge in [0.2, 0.25) is 6.41 Å². The van der Waals surface area contributed by atoms with Crippen LogP contribution in [-0.4, -0.2) is 64.6 Å². The van der Waals surface area contributed by atoms with Gasteiger partial charge in [-0.2, -0.15) is 18.3 Å². The Morgan fingerprint density at radius 1 is 1.18 bits per heavy atom. The van der Waals surface area contributed by atoms with Crippen LogP contribution >= 0.6 is 0 Å². The molecule has 38 heavy (non-hydrogen) atoms. The molecule has 0 atom stereocenters. The van der Waals surface area contributed by atoms with Crippen molar-refractivity contribution in [1.82, 2.24) is 24.6 Å². The zero-order valence-corrected chi connectivity index (χ0v) is 22.7. The normalized spacial score (nSPS) is 14.8. The standard InChI is InChI=1S/C20H23F3N4O.C8H14N2/c1-26-10-7-15(8-11-26)25-18-5-2-6-19-17(18)12-16(4-3-9-24-14-28)27(19)13-20(21,22)23;1-7-5-9-10(6-7)8(2,3)4/h2,5-6,12,14-15,25H,7-11,13H2,1H3,(H,24,28);5-6H,1-4H3. The maximum absolute atomic E-state index is 13.1. The molecule has 2 N–H and O–H groups in total. The average Bonchev–Trinajstić information content (AvgIpc) is 3.42. The number of aryl methyl sites for hydroxylation is 1. The molecule has 1 fully saturated rings. The lowest BCUT2D eigenvalue weighted by Crippen LogP contribution is -2.36. The van der Waals surface area contributed by atoms with Gasteiger partial charge < -0.3 is 20.1 Å². The van der Waals surface area contributed by atoms with Gasteiger partial charge in [-0.3, -0.25) is 9.48 Å². The first-order chi connectivity index (χ1) is 17.9. The van der Waals surface area contributed by atoms with Gasteiger partial charge in [0, 0.05) is 23.3 Å². The van der Waals surface area contributed by atoms with E-state index in [-0.39, 0.29) is 17.8 Å². The molecular formula is C28H37F3N6O. The molecule has 0 unspecified atom stereocenters. The van der Waals surface area contributed by atoms with Crippen LogP contribution in [0.5, 0.6) is 0 Å². The van der Waals surface area contributed by atoms with E-state index >= 15 is 0 Å². The number of hydrogen-bond acceptors (Lipinski definition) is 4. The van der Waals surface area contributed by atoms with Crippen LogP contribution in [0.15, 0.2) is 36.7 Å². The highest BCUT2D eigenvalue weighted by atomic mass is 19.4. The maximum Gasteiger partial charge on any atom is 0.406 e. The summed E-state index contributed by atoms with van der Waals surface area (Å²) < 4.78 is 42.6. The van der Waals surface area contributed by atoms with Crippen molar-refractivity contribution in [3.8, 4) is 11.8 Å². The molecular weight excluding hydrogens is 493 g/mol. The van der Waals surface area contributed by atoms with Gasteiger partial charge in [-0.05, 0) is 90.4 Å². The monoisotopic (exact) mass is 530 g/mol. The number of aromatic nitrogens is 3. The van der Waals surface area contributed by atoms with E-state index in [2.05, 4.69) is 73.4 Å². The lowest BCUT2D eigenvalue weighted by Gasteiger charge is -2.30. The van der Waals surface area contributed by atoms with E-state index in [1.807, 2.05) is 16.9 Å². The summed E-state index contributed by atoms with van der Waals surface area (Å²) in [6.07, 6.45) is 2.05. The number of fused-ring (bicyclic) bond motifs is 1. The van der Waals surface area contributed by atoms with Gasteiger partial charge in [-0.1, -0.05) is 12.0 Å². The molecule has 0 bridgehead atoms. The molecule has 1 aliphatic heterocycles. The number of nitrogens with zero attached hydrogens (tertiary/aromatic N) is 4. The summed E-state index contributed by atoms with van der Waals surface area (Å²) in [6, 6.07) is 7.31. The Balaban J connectivity index is 0.000000336. The number of alkyl halides is 3. The Hall–Kier alpha value is -3.45. The van der Waals surface area contributed by atoms with Crippen molar-refractivity contribution in [3.63, 3.8) is 0 Å². The third-order valence-electron chi connectivity index (χ3n) is 6.25. The Labute approximate surface area is 222 Å². The van der Waals surface area contributed by atoms with Crippen molar-refractivity contribution in [1.29, 1.82) is 0 Å². The number of benzene rings is 1. The summed E-state index contributed by atoms with van der Waals surface area (Å²) in [5.41, 5.74) is 2.92. The molecule has 4 rings (SSSR count). The summed E-state index contributed by atoms with van der Waals surface area (Å²) in [4.78, 5) is 12.6. The van der Waals surface area contributed by atoms with E-state index in [1.165, 1.54) is 10.1 Å². The van der Waals surface area contributed by atoms with Crippen molar-refractivity contribution in [3.05, 3.63) is 47.9 Å². The first kappa shape index (κ1) is 29.1. The fourth-order valence-electron chi connectivity index (χ4n) is 4.24. The molecule has 1 saturated heterocycles. The quantitative estimate of drug-likeness (QED) is 0.284. The van der Waals surface area contributed by atoms with Gasteiger partial charge in [0.15, 0.2) is 0 Å². The molecule has 0 radical (unpaired) electrons. The van der Waals surface area contributed by atoms with Gasteiger partial charge in [0.1, 0.15) is 6.54 Å². The van der Waals surface area contributed by atoms with E-state index in [0.717, 1.165) is 37.0 Å². The smallest absolute Gasteiger partial charge is 0.382 e. The zero-order valence-electron chi connectivity index (χ0n) is 22.7. The zero-order chi connectivity index (χ0) is 27.9. The van der Waals surface area contributed by atoms with Crippen LogP contribution in [-0.2, 0) is 16.9 Å². The highest BCUT2D eigenvalue weighted by molar-refractivity contribution is 5.94. The van der Waals surface area contributed by atoms with Gasteiger partial charge in [-0.15, -0.1) is 0 Å². The summed E-state index contributed by atoms with van der Waals surface area (Å²) in [5.74, 6) is 5.44. The van der Waals surface area contributed by atoms with E-state index in [1.54, 1.807) is 18.2 Å². The minimum Gasteiger partial charge on any atom is -0.382 e. The molecule has 7 nitrogen and oxygen atoms in total. The Bertz CT molecular complexity index is 1270. The number of amides is 1. The number of anilines is 1. The molecule has 10 heteroatoms. The van der Waals surface area contributed by atoms with Crippen LogP contribution < -0.4 is 10.6 Å². The van der Waals surface area contributed by atoms with E-state index in [4.69, 9.17) is 0 Å². The lowest BCUT2D eigenvalue weighted by atomic mass is 10.0. The molecule has 3 aromatic rings. The number of rotatable bonds is 5. The summed E-state index contributed by atoms with van der Waals surface area (Å²) in [6.45, 7) is 9.41. The summed E-state index contributed by atoms with van der Waals surface area (Å²) >= 11 is 0. The van der Waals surface area contributed by atoms with Crippen LogP contribution in [0.3, 0.4) is 0 Å². The molecule has 206 valence electrons. The van der Waals surface area contributed by atoms with Gasteiger partial charge in [-0.25, -0.2) is 0 Å². The maximum atomic E-state index is 13.1. The number of likely N-dealkylation sites (tertiary alicyclic amines) is 1. The molecule has 1 amide bonds. The second-order valence-corrected chi connectivity index (χ2v) is 10.6. The van der Waals surface area contributed by atoms with Gasteiger partial charge in [0.25, 0.3) is 0 Å². The van der Waals surface area contributed by atoms with Crippen LogP contribution in [0, 0.1) is 18.8 Å². The van der Waals surface area contributed by atoms with E-state index in [0.29, 0.717) is 18.0 Å². The van der Waals surface area contributed by atoms with E-state index in [9.17, 15) is 18.0 Å². The van der Waals surface area contributed by atoms with Gasteiger partial charge in [0.05, 0.1) is 29.5 Å². The van der Waals surface area contributed by atoms with E-state index < -0.39 is 12.7 Å². The Morgan fingerprint density at radius 2 is 1.89 bits per heavy atom. The fourth-order valence-corrected chi connectivity index (χ4v) is 4.24. The molecule has 0 spiro atoms. The highest BCUT2D eigenvalue weighted by Gasteiger charge is 2.30. The average molecular weight is 531 g/mol. The predicted molar refractivity (Wildman–Crippen MR) is 145 cm³/mol. The number of carbonyl (C=O) groups is 1. The van der Waals surface area contributed by atoms with Crippen molar-refractivity contribution in [2.75, 3.05) is 32.0 Å². The lowest BCUT2D eigenvalue weighted by molar-refractivity contribution is -0.140. The molecule has 2 aromatic heterocycles. The third kappa shape index (κ3) is 8.28. The predicted octanol–water partition coefficient (Wildman–Crippen LogP) is 4.75. The third-order valence-corrected chi connectivity index (χ3v) is 6.25. The number of hydrogen-bond donors (Lipinski definition) is 2. The second-order valence-electron chi connectivity index (χ2n) is 10.6. The van der Waals surface area contributed by atoms with Crippen molar-refractivity contribution >= 4 is 23.0 Å². The first-order valence-corrected chi connectivity index (χ1v) is 12.7.